The third-order valence-electron chi connectivity index (χ3n) is 1.85. The van der Waals surface area contributed by atoms with E-state index in [-0.39, 0.29) is 16.5 Å². The van der Waals surface area contributed by atoms with Crippen LogP contribution in [-0.4, -0.2) is 9.97 Å². The maximum Gasteiger partial charge on any atom is 0.223 e. The second-order valence-electron chi connectivity index (χ2n) is 2.99. The Hall–Kier alpha value is -1.62. The zero-order valence-electron chi connectivity index (χ0n) is 7.72. The molecule has 6 heteroatoms. The molecule has 82 valence electrons. The van der Waals surface area contributed by atoms with E-state index in [2.05, 4.69) is 9.97 Å². The molecule has 0 aliphatic heterocycles. The molecule has 0 aliphatic carbocycles. The molecule has 0 saturated heterocycles. The summed E-state index contributed by atoms with van der Waals surface area (Å²) in [5.74, 6) is -2.43. The number of hydrogen-bond donors (Lipinski definition) is 0. The van der Waals surface area contributed by atoms with Crippen LogP contribution in [-0.2, 0) is 0 Å². The number of rotatable bonds is 1. The van der Waals surface area contributed by atoms with Gasteiger partial charge in [-0.25, -0.2) is 23.1 Å². The van der Waals surface area contributed by atoms with E-state index in [1.165, 1.54) is 0 Å². The molecule has 0 aliphatic rings. The molecule has 0 unspecified atom stereocenters. The van der Waals surface area contributed by atoms with Gasteiger partial charge in [0.15, 0.2) is 5.82 Å². The SMILES string of the molecule is Fc1cc(F)cc(-c2nc(Cl)ncc2F)c1. The summed E-state index contributed by atoms with van der Waals surface area (Å²) >= 11 is 5.47. The fraction of sp³-hybridized carbons (Fsp3) is 0. The van der Waals surface area contributed by atoms with E-state index in [1.54, 1.807) is 0 Å². The normalized spacial score (nSPS) is 10.5. The highest BCUT2D eigenvalue weighted by atomic mass is 35.5. The summed E-state index contributed by atoms with van der Waals surface area (Å²) in [6, 6.07) is 2.61. The first kappa shape index (κ1) is 10.9. The maximum atomic E-state index is 13.3. The second-order valence-corrected chi connectivity index (χ2v) is 3.33. The van der Waals surface area contributed by atoms with Crippen LogP contribution in [0.2, 0.25) is 5.28 Å². The Labute approximate surface area is 93.7 Å². The molecule has 0 amide bonds. The molecular weight excluding hydrogens is 241 g/mol. The summed E-state index contributed by atoms with van der Waals surface area (Å²) in [6.45, 7) is 0. The van der Waals surface area contributed by atoms with Gasteiger partial charge >= 0.3 is 0 Å². The fourth-order valence-electron chi connectivity index (χ4n) is 1.24. The molecule has 1 heterocycles. The van der Waals surface area contributed by atoms with Gasteiger partial charge in [0.05, 0.1) is 6.20 Å². The lowest BCUT2D eigenvalue weighted by molar-refractivity contribution is 0.582. The first-order valence-electron chi connectivity index (χ1n) is 4.21. The van der Waals surface area contributed by atoms with Gasteiger partial charge in [-0.1, -0.05) is 0 Å². The van der Waals surface area contributed by atoms with Crippen molar-refractivity contribution in [1.82, 2.24) is 9.97 Å². The molecule has 0 radical (unpaired) electrons. The van der Waals surface area contributed by atoms with Gasteiger partial charge in [0, 0.05) is 11.6 Å². The standard InChI is InChI=1S/C10H4ClF3N2/c11-10-15-4-8(14)9(16-10)5-1-6(12)3-7(13)2-5/h1-4H. The highest BCUT2D eigenvalue weighted by Crippen LogP contribution is 2.23. The molecule has 2 nitrogen and oxygen atoms in total. The highest BCUT2D eigenvalue weighted by molar-refractivity contribution is 6.28. The minimum absolute atomic E-state index is 0.0284. The van der Waals surface area contributed by atoms with E-state index >= 15 is 0 Å². The molecule has 2 aromatic rings. The van der Waals surface area contributed by atoms with E-state index < -0.39 is 17.5 Å². The van der Waals surface area contributed by atoms with Crippen LogP contribution in [0, 0.1) is 17.5 Å². The van der Waals surface area contributed by atoms with Crippen LogP contribution >= 0.6 is 11.6 Å². The van der Waals surface area contributed by atoms with E-state index in [1.807, 2.05) is 0 Å². The van der Waals surface area contributed by atoms with Crippen molar-refractivity contribution >= 4 is 11.6 Å². The monoisotopic (exact) mass is 244 g/mol. The summed E-state index contributed by atoms with van der Waals surface area (Å²) in [7, 11) is 0. The van der Waals surface area contributed by atoms with Gasteiger partial charge in [-0.2, -0.15) is 0 Å². The molecule has 2 rings (SSSR count). The van der Waals surface area contributed by atoms with Crippen LogP contribution in [0.5, 0.6) is 0 Å². The number of halogens is 4. The predicted octanol–water partition coefficient (Wildman–Crippen LogP) is 3.21. The van der Waals surface area contributed by atoms with Crippen LogP contribution in [0.15, 0.2) is 24.4 Å². The summed E-state index contributed by atoms with van der Waals surface area (Å²) in [4.78, 5) is 6.97. The lowest BCUT2D eigenvalue weighted by Crippen LogP contribution is -1.94. The molecule has 1 aromatic heterocycles. The molecular formula is C10H4ClF3N2. The first-order chi connectivity index (χ1) is 7.56. The Bertz CT molecular complexity index is 525. The van der Waals surface area contributed by atoms with Crippen molar-refractivity contribution in [3.63, 3.8) is 0 Å². The van der Waals surface area contributed by atoms with E-state index in [0.29, 0.717) is 6.07 Å². The quantitative estimate of drug-likeness (QED) is 0.720. The van der Waals surface area contributed by atoms with Gasteiger partial charge in [-0.05, 0) is 23.7 Å². The van der Waals surface area contributed by atoms with Crippen LogP contribution in [0.4, 0.5) is 13.2 Å². The van der Waals surface area contributed by atoms with Gasteiger partial charge in [-0.3, -0.25) is 0 Å². The van der Waals surface area contributed by atoms with Crippen molar-refractivity contribution in [3.05, 3.63) is 47.1 Å². The molecule has 0 N–H and O–H groups in total. The summed E-state index contributed by atoms with van der Waals surface area (Å²) in [5.41, 5.74) is -0.266. The Balaban J connectivity index is 2.62. The van der Waals surface area contributed by atoms with Gasteiger partial charge in [0.25, 0.3) is 0 Å². The first-order valence-corrected chi connectivity index (χ1v) is 4.58. The highest BCUT2D eigenvalue weighted by Gasteiger charge is 2.11. The number of aromatic nitrogens is 2. The Morgan fingerprint density at radius 3 is 2.25 bits per heavy atom. The van der Waals surface area contributed by atoms with Crippen LogP contribution < -0.4 is 0 Å². The Kier molecular flexibility index (Phi) is 2.78. The number of hydrogen-bond acceptors (Lipinski definition) is 2. The van der Waals surface area contributed by atoms with Crippen molar-refractivity contribution in [2.45, 2.75) is 0 Å². The van der Waals surface area contributed by atoms with E-state index in [9.17, 15) is 13.2 Å². The zero-order valence-corrected chi connectivity index (χ0v) is 8.47. The zero-order chi connectivity index (χ0) is 11.7. The Morgan fingerprint density at radius 1 is 1.00 bits per heavy atom. The van der Waals surface area contributed by atoms with E-state index in [4.69, 9.17) is 11.6 Å². The minimum atomic E-state index is -0.816. The lowest BCUT2D eigenvalue weighted by atomic mass is 10.1. The third-order valence-corrected chi connectivity index (χ3v) is 2.03. The average molecular weight is 245 g/mol. The molecule has 0 bridgehead atoms. The number of benzene rings is 1. The smallest absolute Gasteiger partial charge is 0.223 e. The summed E-state index contributed by atoms with van der Waals surface area (Å²) in [6.07, 6.45) is 0.841. The van der Waals surface area contributed by atoms with Crippen LogP contribution in [0.25, 0.3) is 11.3 Å². The molecule has 0 fully saturated rings. The van der Waals surface area contributed by atoms with Crippen molar-refractivity contribution in [3.8, 4) is 11.3 Å². The van der Waals surface area contributed by atoms with Crippen LogP contribution in [0.3, 0.4) is 0 Å². The number of nitrogens with zero attached hydrogens (tertiary/aromatic N) is 2. The minimum Gasteiger partial charge on any atom is -0.223 e. The predicted molar refractivity (Wildman–Crippen MR) is 52.4 cm³/mol. The molecule has 1 aromatic carbocycles. The Morgan fingerprint density at radius 2 is 1.62 bits per heavy atom. The molecule has 16 heavy (non-hydrogen) atoms. The molecule has 0 atom stereocenters. The van der Waals surface area contributed by atoms with Gasteiger partial charge in [0.1, 0.15) is 17.3 Å². The summed E-state index contributed by atoms with van der Waals surface area (Å²) in [5, 5.41) is -0.193. The van der Waals surface area contributed by atoms with Gasteiger partial charge in [-0.15, -0.1) is 0 Å². The maximum absolute atomic E-state index is 13.3. The summed E-state index contributed by atoms with van der Waals surface area (Å²) < 4.78 is 39.1. The van der Waals surface area contributed by atoms with Gasteiger partial charge in [0.2, 0.25) is 5.28 Å². The van der Waals surface area contributed by atoms with Crippen molar-refractivity contribution in [1.29, 1.82) is 0 Å². The van der Waals surface area contributed by atoms with Crippen LogP contribution in [0.1, 0.15) is 0 Å². The fourth-order valence-corrected chi connectivity index (χ4v) is 1.37. The molecule has 0 saturated carbocycles. The van der Waals surface area contributed by atoms with Gasteiger partial charge < -0.3 is 0 Å². The average Bonchev–Trinajstić information content (AvgIpc) is 2.20. The molecule has 0 spiro atoms. The van der Waals surface area contributed by atoms with E-state index in [0.717, 1.165) is 18.3 Å². The van der Waals surface area contributed by atoms with Crippen molar-refractivity contribution in [2.75, 3.05) is 0 Å². The topological polar surface area (TPSA) is 25.8 Å². The van der Waals surface area contributed by atoms with Crippen molar-refractivity contribution in [2.24, 2.45) is 0 Å². The largest absolute Gasteiger partial charge is 0.223 e. The second kappa shape index (κ2) is 4.09. The third kappa shape index (κ3) is 2.14. The van der Waals surface area contributed by atoms with Crippen molar-refractivity contribution < 1.29 is 13.2 Å². The lowest BCUT2D eigenvalue weighted by Gasteiger charge is -2.03.